The molecule has 0 aliphatic carbocycles. The van der Waals surface area contributed by atoms with E-state index in [0.717, 1.165) is 29.7 Å². The Morgan fingerprint density at radius 2 is 1.80 bits per heavy atom. The lowest BCUT2D eigenvalue weighted by atomic mass is 10.0. The summed E-state index contributed by atoms with van der Waals surface area (Å²) in [4.78, 5) is 13.7. The first kappa shape index (κ1) is 22.1. The predicted octanol–water partition coefficient (Wildman–Crippen LogP) is 3.26. The van der Waals surface area contributed by atoms with Crippen LogP contribution in [0.25, 0.3) is 0 Å². The number of anilines is 1. The maximum atomic E-state index is 12.8. The highest BCUT2D eigenvalue weighted by molar-refractivity contribution is 7.89. The number of nitrogens with one attached hydrogen (secondary N) is 1. The van der Waals surface area contributed by atoms with Gasteiger partial charge < -0.3 is 14.4 Å². The minimum atomic E-state index is -3.70. The summed E-state index contributed by atoms with van der Waals surface area (Å²) in [6.07, 6.45) is 1.56. The summed E-state index contributed by atoms with van der Waals surface area (Å²) in [5.74, 6) is 1.19. The van der Waals surface area contributed by atoms with Crippen molar-refractivity contribution in [1.29, 1.82) is 0 Å². The van der Waals surface area contributed by atoms with E-state index in [1.165, 1.54) is 6.92 Å². The van der Waals surface area contributed by atoms with Gasteiger partial charge in [-0.05, 0) is 68.1 Å². The summed E-state index contributed by atoms with van der Waals surface area (Å²) < 4.78 is 39.5. The Bertz CT molecular complexity index is 1020. The number of carbonyl (C=O) groups excluding carboxylic acids is 1. The molecule has 0 saturated heterocycles. The van der Waals surface area contributed by atoms with Gasteiger partial charge in [-0.25, -0.2) is 13.1 Å². The molecule has 0 unspecified atom stereocenters. The molecule has 1 amide bonds. The molecule has 0 radical (unpaired) electrons. The predicted molar refractivity (Wildman–Crippen MR) is 116 cm³/mol. The minimum Gasteiger partial charge on any atom is -0.490 e. The van der Waals surface area contributed by atoms with Crippen LogP contribution in [0.3, 0.4) is 0 Å². The number of hydrogen-bond acceptors (Lipinski definition) is 5. The molecule has 0 spiro atoms. The Morgan fingerprint density at radius 3 is 2.50 bits per heavy atom. The normalized spacial score (nSPS) is 13.6. The number of rotatable bonds is 8. The van der Waals surface area contributed by atoms with Crippen molar-refractivity contribution in [3.05, 3.63) is 47.5 Å². The smallest absolute Gasteiger partial charge is 0.240 e. The molecule has 0 fully saturated rings. The standard InChI is InChI=1S/C22H28N2O5S/c1-4-28-21-11-8-17(13-22(21)29-5-2)15-23-30(26,27)19-9-10-20-18(14-19)7-6-12-24(20)16(3)25/h8-11,13-14,23H,4-7,12,15H2,1-3H3. The lowest BCUT2D eigenvalue weighted by Crippen LogP contribution is -2.33. The minimum absolute atomic E-state index is 0.0368. The first-order valence-electron chi connectivity index (χ1n) is 10.1. The molecule has 162 valence electrons. The van der Waals surface area contributed by atoms with E-state index >= 15 is 0 Å². The van der Waals surface area contributed by atoms with Crippen molar-refractivity contribution in [2.24, 2.45) is 0 Å². The monoisotopic (exact) mass is 432 g/mol. The summed E-state index contributed by atoms with van der Waals surface area (Å²) in [6, 6.07) is 10.3. The molecule has 2 aromatic rings. The fourth-order valence-electron chi connectivity index (χ4n) is 3.53. The van der Waals surface area contributed by atoms with Gasteiger partial charge in [-0.15, -0.1) is 0 Å². The molecule has 1 aliphatic heterocycles. The van der Waals surface area contributed by atoms with Crippen molar-refractivity contribution in [3.8, 4) is 11.5 Å². The molecular weight excluding hydrogens is 404 g/mol. The average molecular weight is 433 g/mol. The van der Waals surface area contributed by atoms with Crippen molar-refractivity contribution < 1.29 is 22.7 Å². The number of amides is 1. The number of sulfonamides is 1. The van der Waals surface area contributed by atoms with Crippen LogP contribution in [-0.4, -0.2) is 34.1 Å². The van der Waals surface area contributed by atoms with E-state index < -0.39 is 10.0 Å². The van der Waals surface area contributed by atoms with Crippen molar-refractivity contribution >= 4 is 21.6 Å². The second kappa shape index (κ2) is 9.49. The highest BCUT2D eigenvalue weighted by Crippen LogP contribution is 2.30. The van der Waals surface area contributed by atoms with E-state index in [4.69, 9.17) is 9.47 Å². The first-order valence-corrected chi connectivity index (χ1v) is 11.6. The molecule has 1 heterocycles. The van der Waals surface area contributed by atoms with Crippen LogP contribution in [0.15, 0.2) is 41.3 Å². The summed E-state index contributed by atoms with van der Waals surface area (Å²) in [5, 5.41) is 0. The number of fused-ring (bicyclic) bond motifs is 1. The lowest BCUT2D eigenvalue weighted by molar-refractivity contribution is -0.116. The molecule has 3 rings (SSSR count). The second-order valence-electron chi connectivity index (χ2n) is 7.04. The molecule has 0 aromatic heterocycles. The van der Waals surface area contributed by atoms with E-state index in [0.29, 0.717) is 31.3 Å². The Kier molecular flexibility index (Phi) is 6.99. The van der Waals surface area contributed by atoms with Crippen LogP contribution in [0.4, 0.5) is 5.69 Å². The van der Waals surface area contributed by atoms with Crippen LogP contribution >= 0.6 is 0 Å². The van der Waals surface area contributed by atoms with Crippen molar-refractivity contribution in [1.82, 2.24) is 4.72 Å². The second-order valence-corrected chi connectivity index (χ2v) is 8.80. The Labute approximate surface area is 178 Å². The lowest BCUT2D eigenvalue weighted by Gasteiger charge is -2.28. The molecule has 30 heavy (non-hydrogen) atoms. The van der Waals surface area contributed by atoms with Gasteiger partial charge in [0.15, 0.2) is 11.5 Å². The third-order valence-electron chi connectivity index (χ3n) is 4.93. The zero-order valence-corrected chi connectivity index (χ0v) is 18.4. The zero-order valence-electron chi connectivity index (χ0n) is 17.6. The number of benzene rings is 2. The number of aryl methyl sites for hydroxylation is 1. The van der Waals surface area contributed by atoms with Gasteiger partial charge in [0.1, 0.15) is 0 Å². The maximum absolute atomic E-state index is 12.8. The quantitative estimate of drug-likeness (QED) is 0.692. The van der Waals surface area contributed by atoms with Crippen LogP contribution < -0.4 is 19.1 Å². The van der Waals surface area contributed by atoms with E-state index in [9.17, 15) is 13.2 Å². The Morgan fingerprint density at radius 1 is 1.07 bits per heavy atom. The van der Waals surface area contributed by atoms with E-state index in [-0.39, 0.29) is 17.3 Å². The number of nitrogens with zero attached hydrogens (tertiary/aromatic N) is 1. The topological polar surface area (TPSA) is 84.9 Å². The molecule has 1 aliphatic rings. The Balaban J connectivity index is 1.77. The summed E-state index contributed by atoms with van der Waals surface area (Å²) in [5.41, 5.74) is 2.44. The van der Waals surface area contributed by atoms with Crippen LogP contribution in [0.1, 0.15) is 38.3 Å². The SMILES string of the molecule is CCOc1ccc(CNS(=O)(=O)c2ccc3c(c2)CCCN3C(C)=O)cc1OCC. The van der Waals surface area contributed by atoms with Gasteiger partial charge in [-0.3, -0.25) is 4.79 Å². The van der Waals surface area contributed by atoms with E-state index in [1.54, 1.807) is 35.2 Å². The maximum Gasteiger partial charge on any atom is 0.240 e. The summed E-state index contributed by atoms with van der Waals surface area (Å²) in [6.45, 7) is 7.10. The van der Waals surface area contributed by atoms with Gasteiger partial charge in [0.25, 0.3) is 0 Å². The van der Waals surface area contributed by atoms with E-state index in [1.807, 2.05) is 19.9 Å². The van der Waals surface area contributed by atoms with Crippen molar-refractivity contribution in [2.75, 3.05) is 24.7 Å². The zero-order chi connectivity index (χ0) is 21.7. The highest BCUT2D eigenvalue weighted by Gasteiger charge is 2.23. The highest BCUT2D eigenvalue weighted by atomic mass is 32.2. The van der Waals surface area contributed by atoms with Crippen LogP contribution in [-0.2, 0) is 27.8 Å². The molecule has 0 atom stereocenters. The van der Waals surface area contributed by atoms with Gasteiger partial charge in [0, 0.05) is 25.7 Å². The fourth-order valence-corrected chi connectivity index (χ4v) is 4.60. The first-order chi connectivity index (χ1) is 14.4. The fraction of sp³-hybridized carbons (Fsp3) is 0.409. The number of ether oxygens (including phenoxy) is 2. The Hall–Kier alpha value is -2.58. The number of hydrogen-bond donors (Lipinski definition) is 1. The molecule has 0 bridgehead atoms. The molecular formula is C22H28N2O5S. The summed E-state index contributed by atoms with van der Waals surface area (Å²) >= 11 is 0. The molecule has 7 nitrogen and oxygen atoms in total. The van der Waals surface area contributed by atoms with Gasteiger partial charge >= 0.3 is 0 Å². The van der Waals surface area contributed by atoms with Gasteiger partial charge in [-0.1, -0.05) is 6.07 Å². The van der Waals surface area contributed by atoms with Crippen LogP contribution in [0.2, 0.25) is 0 Å². The summed E-state index contributed by atoms with van der Waals surface area (Å²) in [7, 11) is -3.70. The van der Waals surface area contributed by atoms with Gasteiger partial charge in [0.2, 0.25) is 15.9 Å². The molecule has 0 saturated carbocycles. The molecule has 1 N–H and O–H groups in total. The van der Waals surface area contributed by atoms with Crippen LogP contribution in [0.5, 0.6) is 11.5 Å². The largest absolute Gasteiger partial charge is 0.490 e. The van der Waals surface area contributed by atoms with Gasteiger partial charge in [-0.2, -0.15) is 0 Å². The number of carbonyl (C=O) groups is 1. The third kappa shape index (κ3) is 4.94. The van der Waals surface area contributed by atoms with Crippen molar-refractivity contribution in [3.63, 3.8) is 0 Å². The molecule has 8 heteroatoms. The average Bonchev–Trinajstić information content (AvgIpc) is 2.73. The van der Waals surface area contributed by atoms with Gasteiger partial charge in [0.05, 0.1) is 18.1 Å². The van der Waals surface area contributed by atoms with E-state index in [2.05, 4.69) is 4.72 Å². The van der Waals surface area contributed by atoms with Crippen molar-refractivity contribution in [2.45, 2.75) is 45.1 Å². The van der Waals surface area contributed by atoms with Crippen LogP contribution in [0, 0.1) is 0 Å². The third-order valence-corrected chi connectivity index (χ3v) is 6.33. The molecule has 2 aromatic carbocycles.